The molecular formula is C20H25NO2. The molecule has 1 N–H and O–H groups in total. The van der Waals surface area contributed by atoms with E-state index in [1.807, 2.05) is 30.9 Å². The smallest absolute Gasteiger partial charge is 0.229 e. The highest BCUT2D eigenvalue weighted by atomic mass is 16.3. The summed E-state index contributed by atoms with van der Waals surface area (Å²) >= 11 is 0. The minimum absolute atomic E-state index is 0.146. The Balaban J connectivity index is 1.77. The minimum Gasteiger partial charge on any atom is -0.393 e. The summed E-state index contributed by atoms with van der Waals surface area (Å²) in [6.45, 7) is 5.29. The van der Waals surface area contributed by atoms with Crippen LogP contribution in [0.2, 0.25) is 0 Å². The van der Waals surface area contributed by atoms with Gasteiger partial charge in [-0.15, -0.1) is 0 Å². The van der Waals surface area contributed by atoms with E-state index in [9.17, 15) is 9.90 Å². The number of likely N-dealkylation sites (tertiary alicyclic amines) is 1. The molecule has 1 aliphatic heterocycles. The van der Waals surface area contributed by atoms with Crippen LogP contribution in [0.5, 0.6) is 0 Å². The van der Waals surface area contributed by atoms with Crippen molar-refractivity contribution in [2.75, 3.05) is 13.1 Å². The van der Waals surface area contributed by atoms with E-state index >= 15 is 0 Å². The Hall–Kier alpha value is -1.87. The lowest BCUT2D eigenvalue weighted by atomic mass is 9.91. The molecule has 1 heterocycles. The van der Waals surface area contributed by atoms with Crippen LogP contribution in [0.1, 0.15) is 38.2 Å². The molecule has 3 rings (SSSR count). The molecular weight excluding hydrogens is 286 g/mol. The van der Waals surface area contributed by atoms with Gasteiger partial charge in [0.25, 0.3) is 0 Å². The van der Waals surface area contributed by atoms with Gasteiger partial charge < -0.3 is 10.0 Å². The summed E-state index contributed by atoms with van der Waals surface area (Å²) in [5, 5.41) is 12.2. The highest BCUT2D eigenvalue weighted by molar-refractivity contribution is 5.87. The van der Waals surface area contributed by atoms with Gasteiger partial charge >= 0.3 is 0 Å². The van der Waals surface area contributed by atoms with Crippen LogP contribution in [0.3, 0.4) is 0 Å². The lowest BCUT2D eigenvalue weighted by Crippen LogP contribution is -2.44. The normalized spacial score (nSPS) is 21.2. The van der Waals surface area contributed by atoms with Crippen LogP contribution in [-0.4, -0.2) is 35.1 Å². The maximum atomic E-state index is 12.8. The Morgan fingerprint density at radius 3 is 2.65 bits per heavy atom. The summed E-state index contributed by atoms with van der Waals surface area (Å²) in [5.74, 6) is 0.231. The molecule has 0 radical (unpaired) electrons. The number of aliphatic hydroxyl groups excluding tert-OH is 1. The van der Waals surface area contributed by atoms with Gasteiger partial charge in [-0.3, -0.25) is 4.79 Å². The number of amides is 1. The van der Waals surface area contributed by atoms with Crippen molar-refractivity contribution in [2.45, 2.75) is 38.7 Å². The van der Waals surface area contributed by atoms with Crippen LogP contribution in [-0.2, 0) is 4.79 Å². The van der Waals surface area contributed by atoms with Crippen LogP contribution in [0.4, 0.5) is 0 Å². The molecule has 122 valence electrons. The summed E-state index contributed by atoms with van der Waals surface area (Å²) in [6.07, 6.45) is 1.64. The molecule has 3 atom stereocenters. The van der Waals surface area contributed by atoms with Gasteiger partial charge in [-0.2, -0.15) is 0 Å². The van der Waals surface area contributed by atoms with E-state index < -0.39 is 0 Å². The van der Waals surface area contributed by atoms with Gasteiger partial charge in [0, 0.05) is 19.0 Å². The van der Waals surface area contributed by atoms with E-state index in [4.69, 9.17) is 0 Å². The number of hydrogen-bond donors (Lipinski definition) is 1. The molecule has 0 aromatic heterocycles. The van der Waals surface area contributed by atoms with E-state index in [1.165, 1.54) is 10.8 Å². The van der Waals surface area contributed by atoms with Gasteiger partial charge in [0.1, 0.15) is 0 Å². The van der Waals surface area contributed by atoms with Gasteiger partial charge in [-0.25, -0.2) is 0 Å². The second-order valence-corrected chi connectivity index (χ2v) is 6.76. The fourth-order valence-electron chi connectivity index (χ4n) is 3.50. The molecule has 0 bridgehead atoms. The molecule has 23 heavy (non-hydrogen) atoms. The number of rotatable bonds is 3. The van der Waals surface area contributed by atoms with Crippen LogP contribution in [0.25, 0.3) is 10.8 Å². The van der Waals surface area contributed by atoms with Gasteiger partial charge in [0.2, 0.25) is 5.91 Å². The zero-order valence-electron chi connectivity index (χ0n) is 13.9. The lowest BCUT2D eigenvalue weighted by Gasteiger charge is -2.35. The van der Waals surface area contributed by atoms with Crippen molar-refractivity contribution in [2.24, 2.45) is 5.92 Å². The minimum atomic E-state index is -0.346. The number of carbonyl (C=O) groups is 1. The number of hydrogen-bond acceptors (Lipinski definition) is 2. The third kappa shape index (κ3) is 3.40. The first-order valence-electron chi connectivity index (χ1n) is 8.52. The number of nitrogens with zero attached hydrogens (tertiary/aromatic N) is 1. The highest BCUT2D eigenvalue weighted by Gasteiger charge is 2.29. The SMILES string of the molecule is CC(C(=O)N1CCCC(C(C)O)C1)c1ccc2ccccc2c1. The fraction of sp³-hybridized carbons (Fsp3) is 0.450. The van der Waals surface area contributed by atoms with E-state index in [2.05, 4.69) is 30.3 Å². The molecule has 0 aliphatic carbocycles. The third-order valence-corrected chi connectivity index (χ3v) is 5.10. The second kappa shape index (κ2) is 6.71. The van der Waals surface area contributed by atoms with Crippen LogP contribution in [0, 0.1) is 5.92 Å². The van der Waals surface area contributed by atoms with Crippen molar-refractivity contribution in [3.05, 3.63) is 48.0 Å². The molecule has 3 nitrogen and oxygen atoms in total. The highest BCUT2D eigenvalue weighted by Crippen LogP contribution is 2.26. The van der Waals surface area contributed by atoms with Crippen molar-refractivity contribution in [1.29, 1.82) is 0 Å². The average Bonchev–Trinajstić information content (AvgIpc) is 2.60. The van der Waals surface area contributed by atoms with E-state index in [-0.39, 0.29) is 23.8 Å². The molecule has 1 fully saturated rings. The van der Waals surface area contributed by atoms with Gasteiger partial charge in [-0.1, -0.05) is 42.5 Å². The quantitative estimate of drug-likeness (QED) is 0.941. The maximum Gasteiger partial charge on any atom is 0.229 e. The molecule has 1 saturated heterocycles. The number of benzene rings is 2. The van der Waals surface area contributed by atoms with E-state index in [1.54, 1.807) is 0 Å². The molecule has 2 aromatic rings. The maximum absolute atomic E-state index is 12.8. The first kappa shape index (κ1) is 16.0. The number of piperidine rings is 1. The first-order valence-corrected chi connectivity index (χ1v) is 8.52. The molecule has 3 unspecified atom stereocenters. The number of aliphatic hydroxyl groups is 1. The number of carbonyl (C=O) groups excluding carboxylic acids is 1. The Bertz CT molecular complexity index is 695. The summed E-state index contributed by atoms with van der Waals surface area (Å²) in [6, 6.07) is 14.5. The fourth-order valence-corrected chi connectivity index (χ4v) is 3.50. The topological polar surface area (TPSA) is 40.5 Å². The van der Waals surface area contributed by atoms with Crippen molar-refractivity contribution in [1.82, 2.24) is 4.90 Å². The number of fused-ring (bicyclic) bond motifs is 1. The molecule has 1 amide bonds. The molecule has 0 spiro atoms. The van der Waals surface area contributed by atoms with Crippen molar-refractivity contribution in [3.8, 4) is 0 Å². The van der Waals surface area contributed by atoms with E-state index in [0.717, 1.165) is 24.9 Å². The Labute approximate surface area is 137 Å². The third-order valence-electron chi connectivity index (χ3n) is 5.10. The van der Waals surface area contributed by atoms with Crippen molar-refractivity contribution >= 4 is 16.7 Å². The molecule has 1 aliphatic rings. The van der Waals surface area contributed by atoms with Crippen LogP contribution < -0.4 is 0 Å². The predicted octanol–water partition coefficient (Wildman–Crippen LogP) is 3.56. The monoisotopic (exact) mass is 311 g/mol. The van der Waals surface area contributed by atoms with Crippen molar-refractivity contribution in [3.63, 3.8) is 0 Å². The summed E-state index contributed by atoms with van der Waals surface area (Å²) in [4.78, 5) is 14.8. The molecule has 0 saturated carbocycles. The first-order chi connectivity index (χ1) is 11.1. The van der Waals surface area contributed by atoms with Gasteiger partial charge in [0.15, 0.2) is 0 Å². The zero-order chi connectivity index (χ0) is 16.4. The summed E-state index contributed by atoms with van der Waals surface area (Å²) < 4.78 is 0. The molecule has 3 heteroatoms. The Kier molecular flexibility index (Phi) is 4.67. The zero-order valence-corrected chi connectivity index (χ0v) is 13.9. The van der Waals surface area contributed by atoms with Crippen LogP contribution in [0.15, 0.2) is 42.5 Å². The van der Waals surface area contributed by atoms with Gasteiger partial charge in [-0.05, 0) is 43.0 Å². The molecule has 2 aromatic carbocycles. The average molecular weight is 311 g/mol. The van der Waals surface area contributed by atoms with Crippen LogP contribution >= 0.6 is 0 Å². The second-order valence-electron chi connectivity index (χ2n) is 6.76. The van der Waals surface area contributed by atoms with Crippen molar-refractivity contribution < 1.29 is 9.90 Å². The Morgan fingerprint density at radius 2 is 1.91 bits per heavy atom. The van der Waals surface area contributed by atoms with Gasteiger partial charge in [0.05, 0.1) is 12.0 Å². The Morgan fingerprint density at radius 1 is 1.17 bits per heavy atom. The predicted molar refractivity (Wildman–Crippen MR) is 93.3 cm³/mol. The van der Waals surface area contributed by atoms with E-state index in [0.29, 0.717) is 6.54 Å². The summed E-state index contributed by atoms with van der Waals surface area (Å²) in [5.41, 5.74) is 1.06. The largest absolute Gasteiger partial charge is 0.393 e. The summed E-state index contributed by atoms with van der Waals surface area (Å²) in [7, 11) is 0. The standard InChI is InChI=1S/C20H25NO2/c1-14(17-10-9-16-6-3-4-7-18(16)12-17)20(23)21-11-5-8-19(13-21)15(2)22/h3-4,6-7,9-10,12,14-15,19,22H,5,8,11,13H2,1-2H3. The lowest BCUT2D eigenvalue weighted by molar-refractivity contribution is -0.135.